The van der Waals surface area contributed by atoms with E-state index in [2.05, 4.69) is 191 Å². The molecule has 294 valence electrons. The Kier molecular flexibility index (Phi) is 7.52. The number of aromatic nitrogens is 1. The lowest BCUT2D eigenvalue weighted by molar-refractivity contribution is 0.660. The Morgan fingerprint density at radius 3 is 1.13 bits per heavy atom. The smallest absolute Gasteiger partial charge is 0.0433 e. The summed E-state index contributed by atoms with van der Waals surface area (Å²) in [5, 5.41) is 5.34. The Bertz CT molecular complexity index is 3470. The Morgan fingerprint density at radius 2 is 0.694 bits per heavy atom. The molecule has 3 heterocycles. The minimum Gasteiger partial charge on any atom is -0.263 e. The average molecular weight is 828 g/mol. The molecule has 0 spiro atoms. The van der Waals surface area contributed by atoms with Crippen molar-refractivity contribution in [3.63, 3.8) is 0 Å². The van der Waals surface area contributed by atoms with Gasteiger partial charge in [-0.3, -0.25) is 4.98 Å². The summed E-state index contributed by atoms with van der Waals surface area (Å²) < 4.78 is 5.38. The van der Waals surface area contributed by atoms with E-state index in [0.29, 0.717) is 0 Å². The third kappa shape index (κ3) is 5.10. The second-order valence-corrected chi connectivity index (χ2v) is 20.4. The molecular formula is C59H41NS2. The van der Waals surface area contributed by atoms with E-state index in [1.54, 1.807) is 0 Å². The Hall–Kier alpha value is -6.65. The molecule has 0 fully saturated rings. The van der Waals surface area contributed by atoms with Crippen LogP contribution in [-0.2, 0) is 10.8 Å². The fourth-order valence-electron chi connectivity index (χ4n) is 10.9. The van der Waals surface area contributed by atoms with Crippen molar-refractivity contribution in [3.05, 3.63) is 198 Å². The Labute approximate surface area is 369 Å². The van der Waals surface area contributed by atoms with Gasteiger partial charge in [0.1, 0.15) is 0 Å². The molecule has 1 nitrogen and oxygen atoms in total. The number of fused-ring (bicyclic) bond motifs is 12. The maximum absolute atomic E-state index is 4.87. The van der Waals surface area contributed by atoms with Crippen molar-refractivity contribution in [2.45, 2.75) is 38.5 Å². The Morgan fingerprint density at radius 1 is 0.323 bits per heavy atom. The summed E-state index contributed by atoms with van der Waals surface area (Å²) >= 11 is 3.80. The highest BCUT2D eigenvalue weighted by molar-refractivity contribution is 7.26. The zero-order chi connectivity index (χ0) is 41.5. The van der Waals surface area contributed by atoms with Gasteiger partial charge in [-0.15, -0.1) is 22.7 Å². The first-order chi connectivity index (χ1) is 30.2. The first kappa shape index (κ1) is 36.0. The van der Waals surface area contributed by atoms with Gasteiger partial charge < -0.3 is 0 Å². The summed E-state index contributed by atoms with van der Waals surface area (Å²) in [7, 11) is 0. The summed E-state index contributed by atoms with van der Waals surface area (Å²) in [6.07, 6.45) is 4.05. The van der Waals surface area contributed by atoms with Gasteiger partial charge in [0.25, 0.3) is 0 Å². The highest BCUT2D eigenvalue weighted by Gasteiger charge is 2.37. The monoisotopic (exact) mass is 827 g/mol. The number of benzene rings is 8. The predicted molar refractivity (Wildman–Crippen MR) is 267 cm³/mol. The van der Waals surface area contributed by atoms with Crippen LogP contribution in [0.15, 0.2) is 176 Å². The molecule has 13 rings (SSSR count). The molecule has 11 aromatic rings. The predicted octanol–water partition coefficient (Wildman–Crippen LogP) is 17.1. The van der Waals surface area contributed by atoms with Gasteiger partial charge in [0.2, 0.25) is 0 Å². The summed E-state index contributed by atoms with van der Waals surface area (Å²) in [5.41, 5.74) is 20.4. The molecule has 0 amide bonds. The Balaban J connectivity index is 0.883. The van der Waals surface area contributed by atoms with Gasteiger partial charge in [0, 0.05) is 74.7 Å². The van der Waals surface area contributed by atoms with Crippen molar-refractivity contribution in [2.24, 2.45) is 0 Å². The van der Waals surface area contributed by atoms with Gasteiger partial charge in [0.05, 0.1) is 0 Å². The zero-order valence-electron chi connectivity index (χ0n) is 35.0. The molecule has 2 aliphatic rings. The van der Waals surface area contributed by atoms with Crippen LogP contribution < -0.4 is 0 Å². The second kappa shape index (κ2) is 12.9. The standard InChI is InChI=1S/C59H41NS2/c1-58(2)50-23-19-34(28-46(50)48-30-36(21-25-52(48)58)40-13-9-15-44-42-11-5-7-17-54(42)61-56(40)44)38-27-39(33-60-32-38)35-20-24-51-47(29-35)49-31-37(22-26-53(49)59(51,3)4)41-14-10-16-45-43-12-6-8-18-55(43)62-57(41)45/h5-33H,1-4H3. The molecule has 8 aromatic carbocycles. The lowest BCUT2D eigenvalue weighted by Gasteiger charge is -2.22. The van der Waals surface area contributed by atoms with E-state index in [1.165, 1.54) is 118 Å². The minimum absolute atomic E-state index is 0.0931. The van der Waals surface area contributed by atoms with E-state index < -0.39 is 0 Å². The van der Waals surface area contributed by atoms with Crippen molar-refractivity contribution in [1.82, 2.24) is 4.98 Å². The van der Waals surface area contributed by atoms with E-state index in [1.807, 2.05) is 35.1 Å². The zero-order valence-corrected chi connectivity index (χ0v) is 36.6. The van der Waals surface area contributed by atoms with Crippen molar-refractivity contribution < 1.29 is 0 Å². The molecule has 2 aliphatic carbocycles. The molecule has 0 unspecified atom stereocenters. The molecule has 3 aromatic heterocycles. The molecular weight excluding hydrogens is 787 g/mol. The quantitative estimate of drug-likeness (QED) is 0.172. The van der Waals surface area contributed by atoms with Crippen molar-refractivity contribution >= 4 is 63.0 Å². The van der Waals surface area contributed by atoms with Crippen molar-refractivity contribution in [2.75, 3.05) is 0 Å². The van der Waals surface area contributed by atoms with Crippen LogP contribution in [0.5, 0.6) is 0 Å². The molecule has 62 heavy (non-hydrogen) atoms. The van der Waals surface area contributed by atoms with Gasteiger partial charge in [-0.25, -0.2) is 0 Å². The van der Waals surface area contributed by atoms with Gasteiger partial charge >= 0.3 is 0 Å². The largest absolute Gasteiger partial charge is 0.263 e. The summed E-state index contributed by atoms with van der Waals surface area (Å²) in [5.74, 6) is 0. The van der Waals surface area contributed by atoms with Crippen molar-refractivity contribution in [3.8, 4) is 66.8 Å². The molecule has 0 bridgehead atoms. The van der Waals surface area contributed by atoms with Crippen LogP contribution in [0.4, 0.5) is 0 Å². The second-order valence-electron chi connectivity index (χ2n) is 18.3. The molecule has 0 N–H and O–H groups in total. The number of nitrogens with zero attached hydrogens (tertiary/aromatic N) is 1. The topological polar surface area (TPSA) is 12.9 Å². The maximum atomic E-state index is 4.87. The highest BCUT2D eigenvalue weighted by atomic mass is 32.1. The molecule has 0 aliphatic heterocycles. The first-order valence-corrected chi connectivity index (χ1v) is 23.2. The molecule has 0 atom stereocenters. The number of rotatable bonds is 4. The third-order valence-electron chi connectivity index (χ3n) is 14.2. The molecule has 0 saturated heterocycles. The van der Waals surface area contributed by atoms with Gasteiger partial charge in [0.15, 0.2) is 0 Å². The summed E-state index contributed by atoms with van der Waals surface area (Å²) in [6.45, 7) is 9.47. The number of thiophene rings is 2. The third-order valence-corrected chi connectivity index (χ3v) is 16.6. The minimum atomic E-state index is -0.0931. The normalized spacial score (nSPS) is 14.4. The van der Waals surface area contributed by atoms with Crippen molar-refractivity contribution in [1.29, 1.82) is 0 Å². The SMILES string of the molecule is CC1(C)c2ccc(-c3cncc(-c4ccc5c(c4)-c4cc(-c6cccc7c6sc6ccccc67)ccc4C5(C)C)c3)cc2-c2cc(-c3cccc4c3sc3ccccc34)ccc21. The maximum Gasteiger partial charge on any atom is 0.0433 e. The summed E-state index contributed by atoms with van der Waals surface area (Å²) in [6, 6.07) is 61.9. The van der Waals surface area contributed by atoms with E-state index >= 15 is 0 Å². The fraction of sp³-hybridized carbons (Fsp3) is 0.102. The molecule has 0 radical (unpaired) electrons. The van der Waals surface area contributed by atoms with Gasteiger partial charge in [-0.05, 0) is 120 Å². The van der Waals surface area contributed by atoms with E-state index in [-0.39, 0.29) is 10.8 Å². The number of hydrogen-bond donors (Lipinski definition) is 0. The number of hydrogen-bond acceptors (Lipinski definition) is 3. The van der Waals surface area contributed by atoms with Crippen LogP contribution in [0.2, 0.25) is 0 Å². The first-order valence-electron chi connectivity index (χ1n) is 21.6. The van der Waals surface area contributed by atoms with E-state index in [4.69, 9.17) is 4.98 Å². The molecule has 0 saturated carbocycles. The van der Waals surface area contributed by atoms with Crippen LogP contribution in [0, 0.1) is 0 Å². The van der Waals surface area contributed by atoms with E-state index in [0.717, 1.165) is 11.1 Å². The number of pyridine rings is 1. The van der Waals surface area contributed by atoms with Crippen LogP contribution in [0.1, 0.15) is 49.9 Å². The fourth-order valence-corrected chi connectivity index (χ4v) is 13.4. The van der Waals surface area contributed by atoms with Gasteiger partial charge in [-0.2, -0.15) is 0 Å². The average Bonchev–Trinajstić information content (AvgIpc) is 4.01. The lowest BCUT2D eigenvalue weighted by atomic mass is 9.81. The van der Waals surface area contributed by atoms with Gasteiger partial charge in [-0.1, -0.05) is 149 Å². The van der Waals surface area contributed by atoms with Crippen LogP contribution >= 0.6 is 22.7 Å². The highest BCUT2D eigenvalue weighted by Crippen LogP contribution is 2.53. The van der Waals surface area contributed by atoms with Crippen LogP contribution in [-0.4, -0.2) is 4.98 Å². The summed E-state index contributed by atoms with van der Waals surface area (Å²) in [4.78, 5) is 4.87. The van der Waals surface area contributed by atoms with E-state index in [9.17, 15) is 0 Å². The van der Waals surface area contributed by atoms with Crippen LogP contribution in [0.25, 0.3) is 107 Å². The van der Waals surface area contributed by atoms with Crippen LogP contribution in [0.3, 0.4) is 0 Å². The lowest BCUT2D eigenvalue weighted by Crippen LogP contribution is -2.14. The molecule has 3 heteroatoms.